The molecule has 4 rings (SSSR count). The van der Waals surface area contributed by atoms with Crippen LogP contribution in [0.2, 0.25) is 0 Å². The van der Waals surface area contributed by atoms with Crippen LogP contribution in [-0.2, 0) is 6.54 Å². The van der Waals surface area contributed by atoms with E-state index in [0.717, 1.165) is 24.9 Å². The number of nitrogens with one attached hydrogen (secondary N) is 1. The predicted octanol–water partition coefficient (Wildman–Crippen LogP) is 4.60. The van der Waals surface area contributed by atoms with Crippen LogP contribution in [0.3, 0.4) is 0 Å². The van der Waals surface area contributed by atoms with Gasteiger partial charge >= 0.3 is 6.03 Å². The second-order valence-electron chi connectivity index (χ2n) is 7.08. The van der Waals surface area contributed by atoms with Crippen molar-refractivity contribution in [3.8, 4) is 11.5 Å². The first-order chi connectivity index (χ1) is 13.7. The molecule has 5 heteroatoms. The number of methoxy groups -OCH3 is 1. The Morgan fingerprint density at radius 2 is 2.00 bits per heavy atom. The van der Waals surface area contributed by atoms with Gasteiger partial charge in [0, 0.05) is 13.1 Å². The fourth-order valence-electron chi connectivity index (χ4n) is 3.99. The number of ether oxygens (including phenoxy) is 1. The van der Waals surface area contributed by atoms with Crippen molar-refractivity contribution in [2.45, 2.75) is 25.4 Å². The Labute approximate surface area is 164 Å². The van der Waals surface area contributed by atoms with E-state index >= 15 is 0 Å². The van der Waals surface area contributed by atoms with Crippen LogP contribution in [-0.4, -0.2) is 29.7 Å². The van der Waals surface area contributed by atoms with Crippen molar-refractivity contribution in [1.82, 2.24) is 10.2 Å². The molecule has 2 amide bonds. The number of likely N-dealkylation sites (tertiary alicyclic amines) is 1. The van der Waals surface area contributed by atoms with Crippen molar-refractivity contribution in [2.75, 3.05) is 13.7 Å². The summed E-state index contributed by atoms with van der Waals surface area (Å²) in [4.78, 5) is 14.8. The number of hydrogen-bond donors (Lipinski definition) is 2. The van der Waals surface area contributed by atoms with Gasteiger partial charge in [0.05, 0.1) is 13.2 Å². The molecule has 5 nitrogen and oxygen atoms in total. The molecule has 28 heavy (non-hydrogen) atoms. The Hall–Kier alpha value is -3.21. The van der Waals surface area contributed by atoms with Crippen molar-refractivity contribution < 1.29 is 14.6 Å². The van der Waals surface area contributed by atoms with Gasteiger partial charge in [0.2, 0.25) is 0 Å². The number of amides is 2. The summed E-state index contributed by atoms with van der Waals surface area (Å²) >= 11 is 0. The highest BCUT2D eigenvalue weighted by atomic mass is 16.5. The van der Waals surface area contributed by atoms with E-state index < -0.39 is 0 Å². The molecule has 1 fully saturated rings. The molecule has 2 N–H and O–H groups in total. The molecule has 0 bridgehead atoms. The average Bonchev–Trinajstić information content (AvgIpc) is 3.22. The Bertz CT molecular complexity index is 997. The van der Waals surface area contributed by atoms with E-state index in [1.165, 1.54) is 23.4 Å². The Kier molecular flexibility index (Phi) is 5.06. The van der Waals surface area contributed by atoms with Crippen molar-refractivity contribution in [3.63, 3.8) is 0 Å². The van der Waals surface area contributed by atoms with Crippen LogP contribution in [0, 0.1) is 0 Å². The summed E-state index contributed by atoms with van der Waals surface area (Å²) in [5.74, 6) is 0.495. The fraction of sp³-hybridized carbons (Fsp3) is 0.261. The number of aromatic hydroxyl groups is 1. The average molecular weight is 376 g/mol. The molecule has 1 heterocycles. The molecule has 0 radical (unpaired) electrons. The summed E-state index contributed by atoms with van der Waals surface area (Å²) in [6, 6.07) is 19.7. The van der Waals surface area contributed by atoms with E-state index in [1.807, 2.05) is 17.0 Å². The number of rotatable bonds is 4. The van der Waals surface area contributed by atoms with Crippen LogP contribution < -0.4 is 10.1 Å². The molecule has 0 aromatic heterocycles. The summed E-state index contributed by atoms with van der Waals surface area (Å²) < 4.78 is 5.13. The molecule has 1 saturated heterocycles. The van der Waals surface area contributed by atoms with Crippen molar-refractivity contribution in [3.05, 3.63) is 71.8 Å². The third-order valence-electron chi connectivity index (χ3n) is 5.38. The number of hydrogen-bond acceptors (Lipinski definition) is 3. The lowest BCUT2D eigenvalue weighted by molar-refractivity contribution is 0.193. The Morgan fingerprint density at radius 3 is 2.86 bits per heavy atom. The van der Waals surface area contributed by atoms with E-state index in [4.69, 9.17) is 4.74 Å². The van der Waals surface area contributed by atoms with Crippen LogP contribution >= 0.6 is 0 Å². The second kappa shape index (κ2) is 7.80. The monoisotopic (exact) mass is 376 g/mol. The standard InChI is InChI=1S/C23H24N2O3/c1-28-22-14-16(11-12-21(22)26)15-24-23(27)25-13-5-10-20(25)19-9-4-7-17-6-2-3-8-18(17)19/h2-4,6-9,11-12,14,20,26H,5,10,13,15H2,1H3,(H,24,27)/t20-/m1/s1. The summed E-state index contributed by atoms with van der Waals surface area (Å²) in [5, 5.41) is 15.1. The highest BCUT2D eigenvalue weighted by Gasteiger charge is 2.30. The summed E-state index contributed by atoms with van der Waals surface area (Å²) in [7, 11) is 1.51. The van der Waals surface area contributed by atoms with Crippen LogP contribution in [0.15, 0.2) is 60.7 Å². The van der Waals surface area contributed by atoms with Gasteiger partial charge < -0.3 is 20.1 Å². The molecule has 0 unspecified atom stereocenters. The van der Waals surface area contributed by atoms with Crippen LogP contribution in [0.1, 0.15) is 30.0 Å². The van der Waals surface area contributed by atoms with Gasteiger partial charge in [-0.3, -0.25) is 0 Å². The maximum absolute atomic E-state index is 12.9. The van der Waals surface area contributed by atoms with E-state index in [9.17, 15) is 9.90 Å². The fourth-order valence-corrected chi connectivity index (χ4v) is 3.99. The highest BCUT2D eigenvalue weighted by Crippen LogP contribution is 2.36. The maximum Gasteiger partial charge on any atom is 0.318 e. The maximum atomic E-state index is 12.9. The van der Waals surface area contributed by atoms with Crippen LogP contribution in [0.5, 0.6) is 11.5 Å². The van der Waals surface area contributed by atoms with Gasteiger partial charge in [-0.25, -0.2) is 4.79 Å². The van der Waals surface area contributed by atoms with Crippen molar-refractivity contribution in [1.29, 1.82) is 0 Å². The first-order valence-electron chi connectivity index (χ1n) is 9.55. The molecule has 1 aliphatic heterocycles. The van der Waals surface area contributed by atoms with E-state index in [2.05, 4.69) is 35.6 Å². The van der Waals surface area contributed by atoms with Crippen molar-refractivity contribution >= 4 is 16.8 Å². The van der Waals surface area contributed by atoms with Gasteiger partial charge in [0.25, 0.3) is 0 Å². The molecule has 0 aliphatic carbocycles. The predicted molar refractivity (Wildman–Crippen MR) is 110 cm³/mol. The molecule has 1 atom stereocenters. The number of phenolic OH excluding ortho intramolecular Hbond substituents is 1. The number of phenols is 1. The molecular formula is C23H24N2O3. The lowest BCUT2D eigenvalue weighted by Gasteiger charge is -2.26. The number of carbonyl (C=O) groups is 1. The normalized spacial score (nSPS) is 16.3. The topological polar surface area (TPSA) is 61.8 Å². The van der Waals surface area contributed by atoms with Gasteiger partial charge in [-0.05, 0) is 46.9 Å². The van der Waals surface area contributed by atoms with Crippen LogP contribution in [0.4, 0.5) is 4.79 Å². The van der Waals surface area contributed by atoms with Gasteiger partial charge in [-0.1, -0.05) is 48.5 Å². The number of benzene rings is 3. The molecule has 0 spiro atoms. The number of urea groups is 1. The van der Waals surface area contributed by atoms with Crippen LogP contribution in [0.25, 0.3) is 10.8 Å². The largest absolute Gasteiger partial charge is 0.504 e. The third-order valence-corrected chi connectivity index (χ3v) is 5.38. The zero-order valence-corrected chi connectivity index (χ0v) is 15.9. The van der Waals surface area contributed by atoms with Gasteiger partial charge in [-0.15, -0.1) is 0 Å². The van der Waals surface area contributed by atoms with Gasteiger partial charge in [0.15, 0.2) is 11.5 Å². The highest BCUT2D eigenvalue weighted by molar-refractivity contribution is 5.87. The number of carbonyl (C=O) groups excluding carboxylic acids is 1. The molecule has 3 aromatic carbocycles. The van der Waals surface area contributed by atoms with Gasteiger partial charge in [0.1, 0.15) is 0 Å². The molecule has 3 aromatic rings. The van der Waals surface area contributed by atoms with E-state index in [-0.39, 0.29) is 17.8 Å². The van der Waals surface area contributed by atoms with Gasteiger partial charge in [-0.2, -0.15) is 0 Å². The summed E-state index contributed by atoms with van der Waals surface area (Å²) in [5.41, 5.74) is 2.08. The first kappa shape index (κ1) is 18.2. The molecule has 0 saturated carbocycles. The minimum atomic E-state index is -0.0672. The second-order valence-corrected chi connectivity index (χ2v) is 7.08. The Morgan fingerprint density at radius 1 is 1.18 bits per heavy atom. The summed E-state index contributed by atoms with van der Waals surface area (Å²) in [6.45, 7) is 1.13. The quantitative estimate of drug-likeness (QED) is 0.699. The SMILES string of the molecule is COc1cc(CNC(=O)N2CCC[C@@H]2c2cccc3ccccc23)ccc1O. The third kappa shape index (κ3) is 3.48. The lowest BCUT2D eigenvalue weighted by atomic mass is 9.97. The Balaban J connectivity index is 1.51. The minimum absolute atomic E-state index is 0.0672. The zero-order chi connectivity index (χ0) is 19.5. The first-order valence-corrected chi connectivity index (χ1v) is 9.55. The van der Waals surface area contributed by atoms with E-state index in [1.54, 1.807) is 18.2 Å². The van der Waals surface area contributed by atoms with E-state index in [0.29, 0.717) is 12.3 Å². The zero-order valence-electron chi connectivity index (χ0n) is 15.9. The lowest BCUT2D eigenvalue weighted by Crippen LogP contribution is -2.39. The molecule has 1 aliphatic rings. The van der Waals surface area contributed by atoms with Crippen molar-refractivity contribution in [2.24, 2.45) is 0 Å². The minimum Gasteiger partial charge on any atom is -0.504 e. The summed E-state index contributed by atoms with van der Waals surface area (Å²) in [6.07, 6.45) is 1.96. The number of nitrogens with zero attached hydrogens (tertiary/aromatic N) is 1. The smallest absolute Gasteiger partial charge is 0.318 e. The number of fused-ring (bicyclic) bond motifs is 1. The molecule has 144 valence electrons. The molecular weight excluding hydrogens is 352 g/mol.